The largest absolute Gasteiger partial charge is 0.495 e. The Bertz CT molecular complexity index is 1220. The average molecular weight is 475 g/mol. The Kier molecular flexibility index (Phi) is 7.04. The number of carbonyl (C=O) groups excluding carboxylic acids is 1. The van der Waals surface area contributed by atoms with E-state index in [2.05, 4.69) is 5.32 Å². The van der Waals surface area contributed by atoms with E-state index in [0.717, 1.165) is 31.5 Å². The van der Waals surface area contributed by atoms with Gasteiger partial charge in [-0.3, -0.25) is 13.9 Å². The van der Waals surface area contributed by atoms with Crippen molar-refractivity contribution in [3.63, 3.8) is 0 Å². The molecule has 2 heterocycles. The number of carbonyl (C=O) groups is 1. The minimum atomic E-state index is -0.183. The number of rotatable bonds is 6. The van der Waals surface area contributed by atoms with Crippen LogP contribution in [-0.4, -0.2) is 53.2 Å². The van der Waals surface area contributed by atoms with Gasteiger partial charge in [-0.25, -0.2) is 4.79 Å². The molecule has 1 saturated heterocycles. The predicted octanol–water partition coefficient (Wildman–Crippen LogP) is 3.94. The molecule has 3 aromatic rings. The number of piperazine rings is 1. The molecular weight excluding hydrogens is 440 g/mol. The van der Waals surface area contributed by atoms with Gasteiger partial charge in [0.05, 0.1) is 18.5 Å². The van der Waals surface area contributed by atoms with Gasteiger partial charge in [-0.1, -0.05) is 61.7 Å². The fraction of sp³-hybridized carbons (Fsp3) is 0.429. The average Bonchev–Trinajstić information content (AvgIpc) is 3.21. The number of ether oxygens (including phenoxy) is 1. The molecule has 1 aliphatic heterocycles. The summed E-state index contributed by atoms with van der Waals surface area (Å²) in [4.78, 5) is 30.2. The third-order valence-electron chi connectivity index (χ3n) is 7.29. The maximum atomic E-state index is 14.2. The Labute approximate surface area is 206 Å². The smallest absolute Gasteiger partial charge is 0.334 e. The van der Waals surface area contributed by atoms with Crippen LogP contribution in [0.5, 0.6) is 5.75 Å². The van der Waals surface area contributed by atoms with Crippen LogP contribution in [0.1, 0.15) is 42.6 Å². The van der Waals surface area contributed by atoms with Crippen LogP contribution in [0.2, 0.25) is 0 Å². The maximum Gasteiger partial charge on any atom is 0.334 e. The first-order valence-corrected chi connectivity index (χ1v) is 12.7. The number of aromatic nitrogens is 2. The minimum Gasteiger partial charge on any atom is -0.495 e. The van der Waals surface area contributed by atoms with Crippen molar-refractivity contribution in [1.82, 2.24) is 19.4 Å². The lowest BCUT2D eigenvalue weighted by Gasteiger charge is -2.29. The Morgan fingerprint density at radius 1 is 0.971 bits per heavy atom. The van der Waals surface area contributed by atoms with Gasteiger partial charge < -0.3 is 15.0 Å². The Morgan fingerprint density at radius 3 is 2.37 bits per heavy atom. The van der Waals surface area contributed by atoms with Gasteiger partial charge in [-0.15, -0.1) is 0 Å². The number of imidazole rings is 1. The van der Waals surface area contributed by atoms with E-state index < -0.39 is 0 Å². The summed E-state index contributed by atoms with van der Waals surface area (Å²) in [6.07, 6.45) is 5.79. The van der Waals surface area contributed by atoms with Crippen LogP contribution in [0.25, 0.3) is 16.9 Å². The minimum absolute atomic E-state index is 0.0769. The summed E-state index contributed by atoms with van der Waals surface area (Å²) in [6.45, 7) is 3.34. The third-order valence-corrected chi connectivity index (χ3v) is 7.29. The van der Waals surface area contributed by atoms with Gasteiger partial charge in [0.1, 0.15) is 11.4 Å². The second kappa shape index (κ2) is 10.5. The molecule has 35 heavy (non-hydrogen) atoms. The van der Waals surface area contributed by atoms with Crippen molar-refractivity contribution in [3.8, 4) is 22.7 Å². The molecule has 2 fully saturated rings. The molecule has 184 valence electrons. The first-order chi connectivity index (χ1) is 17.2. The van der Waals surface area contributed by atoms with E-state index in [-0.39, 0.29) is 11.6 Å². The lowest BCUT2D eigenvalue weighted by Crippen LogP contribution is -2.47. The zero-order chi connectivity index (χ0) is 24.2. The normalized spacial score (nSPS) is 16.9. The lowest BCUT2D eigenvalue weighted by atomic mass is 9.89. The monoisotopic (exact) mass is 474 g/mol. The van der Waals surface area contributed by atoms with Crippen molar-refractivity contribution >= 4 is 5.91 Å². The van der Waals surface area contributed by atoms with E-state index in [4.69, 9.17) is 4.74 Å². The second-order valence-electron chi connectivity index (χ2n) is 9.51. The van der Waals surface area contributed by atoms with Gasteiger partial charge in [-0.2, -0.15) is 0 Å². The zero-order valence-corrected chi connectivity index (χ0v) is 20.4. The molecule has 0 radical (unpaired) electrons. The van der Waals surface area contributed by atoms with Crippen molar-refractivity contribution in [2.45, 2.75) is 38.6 Å². The molecule has 0 atom stereocenters. The first kappa shape index (κ1) is 23.4. The highest BCUT2D eigenvalue weighted by Crippen LogP contribution is 2.33. The van der Waals surface area contributed by atoms with E-state index in [9.17, 15) is 9.59 Å². The van der Waals surface area contributed by atoms with Crippen molar-refractivity contribution in [2.24, 2.45) is 5.92 Å². The number of benzene rings is 2. The molecule has 1 saturated carbocycles. The number of amides is 1. The van der Waals surface area contributed by atoms with E-state index in [1.807, 2.05) is 59.5 Å². The molecule has 2 aliphatic rings. The predicted molar refractivity (Wildman–Crippen MR) is 137 cm³/mol. The highest BCUT2D eigenvalue weighted by Gasteiger charge is 2.32. The van der Waals surface area contributed by atoms with E-state index in [1.54, 1.807) is 16.2 Å². The number of methoxy groups -OCH3 is 1. The number of hydrogen-bond acceptors (Lipinski definition) is 4. The molecular formula is C28H34N4O3. The van der Waals surface area contributed by atoms with Crippen molar-refractivity contribution in [1.29, 1.82) is 0 Å². The summed E-state index contributed by atoms with van der Waals surface area (Å²) in [6, 6.07) is 17.3. The van der Waals surface area contributed by atoms with Crippen LogP contribution < -0.4 is 15.7 Å². The number of nitrogens with zero attached hydrogens (tertiary/aromatic N) is 3. The molecule has 1 aliphatic carbocycles. The fourth-order valence-electron chi connectivity index (χ4n) is 5.48. The summed E-state index contributed by atoms with van der Waals surface area (Å²) < 4.78 is 9.09. The topological polar surface area (TPSA) is 68.5 Å². The van der Waals surface area contributed by atoms with Crippen LogP contribution in [0, 0.1) is 5.92 Å². The van der Waals surface area contributed by atoms with E-state index in [0.29, 0.717) is 48.4 Å². The molecule has 0 bridgehead atoms. The standard InChI is InChI=1S/C28H34N4O3/c1-35-24-15-9-8-14-23(24)32-25(22-12-6-3-7-13-22)26(27(33)30-18-16-29-17-19-30)31(28(32)34)20-21-10-4-2-5-11-21/h3,6-9,12-15,21,29H,2,4-5,10-11,16-20H2,1H3. The fourth-order valence-corrected chi connectivity index (χ4v) is 5.48. The zero-order valence-electron chi connectivity index (χ0n) is 20.4. The molecule has 7 heteroatoms. The van der Waals surface area contributed by atoms with Crippen molar-refractivity contribution < 1.29 is 9.53 Å². The van der Waals surface area contributed by atoms with E-state index in [1.165, 1.54) is 19.3 Å². The molecule has 0 spiro atoms. The molecule has 1 N–H and O–H groups in total. The summed E-state index contributed by atoms with van der Waals surface area (Å²) in [5, 5.41) is 3.32. The van der Waals surface area contributed by atoms with Crippen LogP contribution in [-0.2, 0) is 6.54 Å². The number of nitrogens with one attached hydrogen (secondary N) is 1. The highest BCUT2D eigenvalue weighted by molar-refractivity contribution is 5.99. The van der Waals surface area contributed by atoms with E-state index >= 15 is 0 Å². The quantitative estimate of drug-likeness (QED) is 0.588. The van der Waals surface area contributed by atoms with Gasteiger partial charge in [0, 0.05) is 38.3 Å². The molecule has 7 nitrogen and oxygen atoms in total. The van der Waals surface area contributed by atoms with Crippen LogP contribution in [0.15, 0.2) is 59.4 Å². The molecule has 1 amide bonds. The lowest BCUT2D eigenvalue weighted by molar-refractivity contribution is 0.0723. The Morgan fingerprint density at radius 2 is 1.66 bits per heavy atom. The van der Waals surface area contributed by atoms with Gasteiger partial charge in [-0.05, 0) is 30.9 Å². The van der Waals surface area contributed by atoms with Gasteiger partial charge in [0.25, 0.3) is 5.91 Å². The summed E-state index contributed by atoms with van der Waals surface area (Å²) >= 11 is 0. The molecule has 0 unspecified atom stereocenters. The molecule has 5 rings (SSSR count). The number of para-hydroxylation sites is 2. The molecule has 2 aromatic carbocycles. The summed E-state index contributed by atoms with van der Waals surface area (Å²) in [5.74, 6) is 0.919. The van der Waals surface area contributed by atoms with Gasteiger partial charge in [0.15, 0.2) is 0 Å². The Balaban J connectivity index is 1.76. The van der Waals surface area contributed by atoms with Crippen molar-refractivity contribution in [2.75, 3.05) is 33.3 Å². The van der Waals surface area contributed by atoms with Gasteiger partial charge in [0.2, 0.25) is 0 Å². The van der Waals surface area contributed by atoms with Crippen LogP contribution >= 0.6 is 0 Å². The first-order valence-electron chi connectivity index (χ1n) is 12.7. The van der Waals surface area contributed by atoms with Crippen LogP contribution in [0.4, 0.5) is 0 Å². The summed E-state index contributed by atoms with van der Waals surface area (Å²) in [7, 11) is 1.61. The summed E-state index contributed by atoms with van der Waals surface area (Å²) in [5.41, 5.74) is 2.43. The number of hydrogen-bond donors (Lipinski definition) is 1. The Hall–Kier alpha value is -3.32. The second-order valence-corrected chi connectivity index (χ2v) is 9.51. The highest BCUT2D eigenvalue weighted by atomic mass is 16.5. The van der Waals surface area contributed by atoms with Crippen LogP contribution in [0.3, 0.4) is 0 Å². The van der Waals surface area contributed by atoms with Gasteiger partial charge >= 0.3 is 5.69 Å². The maximum absolute atomic E-state index is 14.2. The third kappa shape index (κ3) is 4.65. The van der Waals surface area contributed by atoms with Crippen molar-refractivity contribution in [3.05, 3.63) is 70.8 Å². The SMILES string of the molecule is COc1ccccc1-n1c(-c2ccccc2)c(C(=O)N2CCNCC2)n(CC2CCCCC2)c1=O. The molecule has 1 aromatic heterocycles.